The molecule has 0 saturated heterocycles. The second kappa shape index (κ2) is 8.11. The van der Waals surface area contributed by atoms with Gasteiger partial charge in [-0.25, -0.2) is 0 Å². The minimum absolute atomic E-state index is 0.226. The van der Waals surface area contributed by atoms with Gasteiger partial charge in [0.2, 0.25) is 5.91 Å². The molecule has 0 bridgehead atoms. The van der Waals surface area contributed by atoms with Gasteiger partial charge in [-0.05, 0) is 36.2 Å². The Labute approximate surface area is 150 Å². The van der Waals surface area contributed by atoms with Crippen LogP contribution >= 0.6 is 0 Å². The van der Waals surface area contributed by atoms with E-state index >= 15 is 0 Å². The number of carbonyl (C=O) groups excluding carboxylic acids is 1. The van der Waals surface area contributed by atoms with Crippen molar-refractivity contribution in [2.24, 2.45) is 0 Å². The van der Waals surface area contributed by atoms with Gasteiger partial charge in [0.05, 0.1) is 14.2 Å². The summed E-state index contributed by atoms with van der Waals surface area (Å²) in [6, 6.07) is 14.7. The van der Waals surface area contributed by atoms with Crippen molar-refractivity contribution in [3.05, 3.63) is 59.9 Å². The summed E-state index contributed by atoms with van der Waals surface area (Å²) in [7, 11) is 3.19. The first-order valence-electron chi connectivity index (χ1n) is 8.01. The van der Waals surface area contributed by atoms with E-state index in [0.29, 0.717) is 23.7 Å². The monoisotopic (exact) mass is 353 g/mol. The molecule has 0 aliphatic rings. The van der Waals surface area contributed by atoms with Crippen molar-refractivity contribution in [3.63, 3.8) is 0 Å². The number of carbonyl (C=O) groups is 1. The number of H-pyrrole nitrogens is 1. The van der Waals surface area contributed by atoms with Gasteiger partial charge in [-0.3, -0.25) is 4.79 Å². The number of nitrogens with one attached hydrogen (secondary N) is 2. The Bertz CT molecular complexity index is 850. The van der Waals surface area contributed by atoms with E-state index in [1.165, 1.54) is 0 Å². The van der Waals surface area contributed by atoms with Gasteiger partial charge in [-0.2, -0.15) is 5.21 Å². The summed E-state index contributed by atoms with van der Waals surface area (Å²) in [5, 5.41) is 16.8. The third-order valence-corrected chi connectivity index (χ3v) is 3.93. The van der Waals surface area contributed by atoms with Crippen LogP contribution in [0.2, 0.25) is 0 Å². The quantitative estimate of drug-likeness (QED) is 0.675. The van der Waals surface area contributed by atoms with Gasteiger partial charge in [0, 0.05) is 11.8 Å². The van der Waals surface area contributed by atoms with Crippen molar-refractivity contribution in [2.45, 2.75) is 12.3 Å². The first-order chi connectivity index (χ1) is 12.7. The van der Waals surface area contributed by atoms with E-state index in [1.54, 1.807) is 32.4 Å². The summed E-state index contributed by atoms with van der Waals surface area (Å²) < 4.78 is 10.3. The molecule has 8 nitrogen and oxygen atoms in total. The Morgan fingerprint density at radius 3 is 2.54 bits per heavy atom. The first kappa shape index (κ1) is 17.4. The number of hydrogen-bond donors (Lipinski definition) is 2. The van der Waals surface area contributed by atoms with Crippen LogP contribution in [0, 0.1) is 0 Å². The number of hydrogen-bond acceptors (Lipinski definition) is 6. The number of amides is 1. The van der Waals surface area contributed by atoms with Gasteiger partial charge < -0.3 is 14.8 Å². The highest BCUT2D eigenvalue weighted by Gasteiger charge is 2.25. The summed E-state index contributed by atoms with van der Waals surface area (Å²) >= 11 is 0. The van der Waals surface area contributed by atoms with Crippen molar-refractivity contribution < 1.29 is 14.3 Å². The van der Waals surface area contributed by atoms with E-state index in [9.17, 15) is 4.79 Å². The van der Waals surface area contributed by atoms with Crippen LogP contribution in [0.4, 0.5) is 5.69 Å². The molecule has 134 valence electrons. The standard InChI is InChI=1S/C18H19N5O3/c1-25-14-8-6-12(7-9-14)10-16(17-20-22-23-21-17)18(24)19-13-4-3-5-15(11-13)26-2/h3-9,11,16H,10H2,1-2H3,(H,19,24)(H,20,21,22,23). The molecule has 26 heavy (non-hydrogen) atoms. The Morgan fingerprint density at radius 1 is 1.12 bits per heavy atom. The number of methoxy groups -OCH3 is 2. The summed E-state index contributed by atoms with van der Waals surface area (Å²) in [4.78, 5) is 12.8. The molecule has 1 aromatic heterocycles. The number of aromatic amines is 1. The van der Waals surface area contributed by atoms with Gasteiger partial charge in [0.1, 0.15) is 17.4 Å². The molecule has 1 amide bonds. The lowest BCUT2D eigenvalue weighted by Gasteiger charge is -2.14. The summed E-state index contributed by atoms with van der Waals surface area (Å²) in [5.41, 5.74) is 1.60. The molecule has 2 N–H and O–H groups in total. The van der Waals surface area contributed by atoms with Crippen LogP contribution in [0.3, 0.4) is 0 Å². The predicted molar refractivity (Wildman–Crippen MR) is 95.2 cm³/mol. The molecular weight excluding hydrogens is 334 g/mol. The van der Waals surface area contributed by atoms with Crippen LogP contribution < -0.4 is 14.8 Å². The van der Waals surface area contributed by atoms with Gasteiger partial charge in [-0.1, -0.05) is 23.4 Å². The van der Waals surface area contributed by atoms with Crippen LogP contribution in [0.1, 0.15) is 17.3 Å². The summed E-state index contributed by atoms with van der Waals surface area (Å²) in [5.74, 6) is 0.935. The number of ether oxygens (including phenoxy) is 2. The second-order valence-electron chi connectivity index (χ2n) is 5.60. The predicted octanol–water partition coefficient (Wildman–Crippen LogP) is 2.18. The lowest BCUT2D eigenvalue weighted by molar-refractivity contribution is -0.117. The Kier molecular flexibility index (Phi) is 5.43. The molecule has 0 aliphatic heterocycles. The zero-order valence-electron chi connectivity index (χ0n) is 14.5. The van der Waals surface area contributed by atoms with E-state index < -0.39 is 5.92 Å². The van der Waals surface area contributed by atoms with Crippen LogP contribution in [-0.4, -0.2) is 40.8 Å². The molecule has 0 spiro atoms. The van der Waals surface area contributed by atoms with Crippen molar-refractivity contribution in [2.75, 3.05) is 19.5 Å². The summed E-state index contributed by atoms with van der Waals surface area (Å²) in [6.07, 6.45) is 0.430. The fourth-order valence-electron chi connectivity index (χ4n) is 2.55. The molecule has 3 rings (SSSR count). The lowest BCUT2D eigenvalue weighted by Crippen LogP contribution is -2.24. The molecule has 2 aromatic carbocycles. The van der Waals surface area contributed by atoms with Crippen molar-refractivity contribution in [1.82, 2.24) is 20.6 Å². The van der Waals surface area contributed by atoms with Crippen LogP contribution in [-0.2, 0) is 11.2 Å². The zero-order chi connectivity index (χ0) is 18.4. The SMILES string of the molecule is COc1ccc(CC(C(=O)Nc2cccc(OC)c2)c2nn[nH]n2)cc1. The third kappa shape index (κ3) is 4.15. The Hall–Kier alpha value is -3.42. The van der Waals surface area contributed by atoms with Crippen LogP contribution in [0.5, 0.6) is 11.5 Å². The maximum Gasteiger partial charge on any atom is 0.235 e. The van der Waals surface area contributed by atoms with Gasteiger partial charge in [-0.15, -0.1) is 10.2 Å². The molecule has 1 unspecified atom stereocenters. The van der Waals surface area contributed by atoms with Gasteiger partial charge in [0.15, 0.2) is 5.82 Å². The van der Waals surface area contributed by atoms with Gasteiger partial charge >= 0.3 is 0 Å². The number of aromatic nitrogens is 4. The van der Waals surface area contributed by atoms with E-state index in [2.05, 4.69) is 25.9 Å². The molecule has 8 heteroatoms. The van der Waals surface area contributed by atoms with E-state index in [-0.39, 0.29) is 5.91 Å². The number of benzene rings is 2. The smallest absolute Gasteiger partial charge is 0.235 e. The first-order valence-corrected chi connectivity index (χ1v) is 8.01. The molecule has 1 atom stereocenters. The van der Waals surface area contributed by atoms with Crippen molar-refractivity contribution >= 4 is 11.6 Å². The normalized spacial score (nSPS) is 11.6. The highest BCUT2D eigenvalue weighted by molar-refractivity contribution is 5.95. The molecular formula is C18H19N5O3. The highest BCUT2D eigenvalue weighted by Crippen LogP contribution is 2.23. The van der Waals surface area contributed by atoms with Crippen molar-refractivity contribution in [1.29, 1.82) is 0 Å². The maximum absolute atomic E-state index is 12.8. The third-order valence-electron chi connectivity index (χ3n) is 3.93. The Morgan fingerprint density at radius 2 is 1.88 bits per heavy atom. The highest BCUT2D eigenvalue weighted by atomic mass is 16.5. The van der Waals surface area contributed by atoms with E-state index in [4.69, 9.17) is 9.47 Å². The summed E-state index contributed by atoms with van der Waals surface area (Å²) in [6.45, 7) is 0. The Balaban J connectivity index is 1.80. The minimum atomic E-state index is -0.589. The lowest BCUT2D eigenvalue weighted by atomic mass is 9.97. The second-order valence-corrected chi connectivity index (χ2v) is 5.60. The van der Waals surface area contributed by atoms with Crippen LogP contribution in [0.25, 0.3) is 0 Å². The fraction of sp³-hybridized carbons (Fsp3) is 0.222. The molecule has 0 aliphatic carbocycles. The largest absolute Gasteiger partial charge is 0.497 e. The molecule has 0 saturated carbocycles. The molecule has 1 heterocycles. The van der Waals surface area contributed by atoms with E-state index in [0.717, 1.165) is 11.3 Å². The van der Waals surface area contributed by atoms with Gasteiger partial charge in [0.25, 0.3) is 0 Å². The number of nitrogens with zero attached hydrogens (tertiary/aromatic N) is 3. The average Bonchev–Trinajstić information content (AvgIpc) is 3.21. The number of rotatable bonds is 7. The van der Waals surface area contributed by atoms with Crippen molar-refractivity contribution in [3.8, 4) is 11.5 Å². The van der Waals surface area contributed by atoms with E-state index in [1.807, 2.05) is 30.3 Å². The topological polar surface area (TPSA) is 102 Å². The van der Waals surface area contributed by atoms with Crippen LogP contribution in [0.15, 0.2) is 48.5 Å². The molecule has 0 fully saturated rings. The minimum Gasteiger partial charge on any atom is -0.497 e. The maximum atomic E-state index is 12.8. The number of tetrazole rings is 1. The molecule has 0 radical (unpaired) electrons. The fourth-order valence-corrected chi connectivity index (χ4v) is 2.55. The average molecular weight is 353 g/mol. The molecule has 3 aromatic rings. The number of anilines is 1. The zero-order valence-corrected chi connectivity index (χ0v) is 14.5.